The number of esters is 1. The summed E-state index contributed by atoms with van der Waals surface area (Å²) in [5.74, 6) is -0.527. The Morgan fingerprint density at radius 1 is 0.531 bits per heavy atom. The number of carbonyl (C=O) groups excluding carboxylic acids is 2. The normalized spacial score (nSPS) is 13.9. The third-order valence-corrected chi connectivity index (χ3v) is 13.4. The number of nitrogens with zero attached hydrogens (tertiary/aromatic N) is 1. The van der Waals surface area contributed by atoms with Crippen molar-refractivity contribution in [3.63, 3.8) is 0 Å². The summed E-state index contributed by atoms with van der Waals surface area (Å²) < 4.78 is 30.2. The maximum absolute atomic E-state index is 13.4. The van der Waals surface area contributed by atoms with E-state index in [0.717, 1.165) is 57.8 Å². The first kappa shape index (κ1) is 62.8. The van der Waals surface area contributed by atoms with Crippen LogP contribution in [0.25, 0.3) is 0 Å². The van der Waals surface area contributed by atoms with E-state index in [4.69, 9.17) is 13.8 Å². The van der Waals surface area contributed by atoms with Gasteiger partial charge in [0.05, 0.1) is 33.8 Å². The molecule has 0 aliphatic rings. The summed E-state index contributed by atoms with van der Waals surface area (Å²) in [6.45, 7) is 6.86. The van der Waals surface area contributed by atoms with Crippen molar-refractivity contribution in [1.82, 2.24) is 5.32 Å². The van der Waals surface area contributed by atoms with E-state index in [0.29, 0.717) is 17.4 Å². The van der Waals surface area contributed by atoms with Crippen LogP contribution in [-0.2, 0) is 27.9 Å². The summed E-state index contributed by atoms with van der Waals surface area (Å²) in [5.41, 5.74) is 0. The van der Waals surface area contributed by atoms with Crippen LogP contribution in [0.15, 0.2) is 12.2 Å². The fourth-order valence-corrected chi connectivity index (χ4v) is 8.89. The highest BCUT2D eigenvalue weighted by Gasteiger charge is 2.27. The van der Waals surface area contributed by atoms with Crippen LogP contribution in [0.3, 0.4) is 0 Å². The molecule has 64 heavy (non-hydrogen) atoms. The lowest BCUT2D eigenvalue weighted by atomic mass is 10.0. The zero-order valence-electron chi connectivity index (χ0n) is 43.3. The molecule has 0 saturated heterocycles. The lowest BCUT2D eigenvalue weighted by molar-refractivity contribution is -0.870. The highest BCUT2D eigenvalue weighted by Crippen LogP contribution is 2.38. The monoisotopic (exact) mass is 927 g/mol. The molecule has 1 N–H and O–H groups in total. The van der Waals surface area contributed by atoms with Gasteiger partial charge >= 0.3 is 5.97 Å². The van der Waals surface area contributed by atoms with E-state index in [2.05, 4.69) is 26.1 Å². The van der Waals surface area contributed by atoms with Crippen molar-refractivity contribution in [2.24, 2.45) is 0 Å². The summed E-state index contributed by atoms with van der Waals surface area (Å²) in [6, 6.07) is -0.877. The van der Waals surface area contributed by atoms with Crippen LogP contribution in [0, 0.1) is 0 Å². The number of hydrogen-bond acceptors (Lipinski definition) is 7. The lowest BCUT2D eigenvalue weighted by Crippen LogP contribution is -2.47. The molecule has 0 bridgehead atoms. The van der Waals surface area contributed by atoms with Crippen LogP contribution in [0.5, 0.6) is 0 Å². The Kier molecular flexibility index (Phi) is 44.6. The van der Waals surface area contributed by atoms with Crippen molar-refractivity contribution in [3.05, 3.63) is 12.2 Å². The molecule has 0 radical (unpaired) electrons. The molecule has 0 aromatic heterocycles. The molecule has 3 atom stereocenters. The number of amides is 1. The largest absolute Gasteiger partial charge is 0.756 e. The van der Waals surface area contributed by atoms with Gasteiger partial charge in [0.15, 0.2) is 0 Å². The Morgan fingerprint density at radius 2 is 0.891 bits per heavy atom. The van der Waals surface area contributed by atoms with Crippen LogP contribution < -0.4 is 10.2 Å². The van der Waals surface area contributed by atoms with E-state index in [1.165, 1.54) is 180 Å². The van der Waals surface area contributed by atoms with Crippen LogP contribution in [0.4, 0.5) is 0 Å². The van der Waals surface area contributed by atoms with Gasteiger partial charge in [-0.3, -0.25) is 14.2 Å². The molecule has 0 rings (SSSR count). The maximum Gasteiger partial charge on any atom is 0.306 e. The number of unbranched alkanes of at least 4 members (excludes halogenated alkanes) is 34. The average molecular weight is 927 g/mol. The SMILES string of the molecule is CCCCCCCCCCCCC/C=C/C(OC(=O)CCCCCCCCCCCCCCCC)C(COP(=O)([O-])OCC[N+](C)(C)C)NC(=O)CCCCCCCCCCCCC. The number of rotatable bonds is 50. The van der Waals surface area contributed by atoms with E-state index in [1.54, 1.807) is 0 Å². The van der Waals surface area contributed by atoms with Crippen LogP contribution >= 0.6 is 7.82 Å². The second-order valence-electron chi connectivity index (χ2n) is 20.1. The third kappa shape index (κ3) is 45.9. The van der Waals surface area contributed by atoms with E-state index in [-0.39, 0.29) is 31.5 Å². The van der Waals surface area contributed by atoms with Crippen LogP contribution in [0.1, 0.15) is 271 Å². The number of nitrogens with one attached hydrogen (secondary N) is 1. The topological polar surface area (TPSA) is 114 Å². The van der Waals surface area contributed by atoms with Gasteiger partial charge < -0.3 is 28.5 Å². The molecule has 0 fully saturated rings. The summed E-state index contributed by atoms with van der Waals surface area (Å²) in [5, 5.41) is 3.02. The molecule has 0 spiro atoms. The Labute approximate surface area is 397 Å². The summed E-state index contributed by atoms with van der Waals surface area (Å²) >= 11 is 0. The number of likely N-dealkylation sites (N-methyl/N-ethyl adjacent to an activating group) is 1. The molecular weight excluding hydrogens is 820 g/mol. The van der Waals surface area contributed by atoms with Crippen molar-refractivity contribution in [3.8, 4) is 0 Å². The second-order valence-corrected chi connectivity index (χ2v) is 21.5. The van der Waals surface area contributed by atoms with Gasteiger partial charge in [0.2, 0.25) is 5.91 Å². The first-order chi connectivity index (χ1) is 30.9. The van der Waals surface area contributed by atoms with Gasteiger partial charge in [0.1, 0.15) is 19.3 Å². The smallest absolute Gasteiger partial charge is 0.306 e. The number of phosphoric acid groups is 1. The van der Waals surface area contributed by atoms with Gasteiger partial charge in [0, 0.05) is 12.8 Å². The lowest BCUT2D eigenvalue weighted by Gasteiger charge is -2.30. The second kappa shape index (κ2) is 45.5. The molecule has 380 valence electrons. The summed E-state index contributed by atoms with van der Waals surface area (Å²) in [6.07, 6.45) is 48.8. The first-order valence-corrected chi connectivity index (χ1v) is 29.0. The number of carbonyl (C=O) groups is 2. The van der Waals surface area contributed by atoms with Gasteiger partial charge in [-0.15, -0.1) is 0 Å². The fraction of sp³-hybridized carbons (Fsp3) is 0.926. The number of allylic oxidation sites excluding steroid dienone is 1. The van der Waals surface area contributed by atoms with Gasteiger partial charge in [-0.1, -0.05) is 239 Å². The molecule has 1 amide bonds. The Morgan fingerprint density at radius 3 is 1.28 bits per heavy atom. The molecule has 9 nitrogen and oxygen atoms in total. The Balaban J connectivity index is 5.37. The summed E-state index contributed by atoms with van der Waals surface area (Å²) in [7, 11) is 1.20. The molecule has 0 saturated carbocycles. The number of phosphoric ester groups is 1. The van der Waals surface area contributed by atoms with Crippen LogP contribution in [-0.4, -0.2) is 69.4 Å². The van der Waals surface area contributed by atoms with Gasteiger partial charge in [-0.25, -0.2) is 0 Å². The van der Waals surface area contributed by atoms with E-state index >= 15 is 0 Å². The molecule has 0 heterocycles. The van der Waals surface area contributed by atoms with E-state index < -0.39 is 20.0 Å². The van der Waals surface area contributed by atoms with Crippen molar-refractivity contribution in [2.45, 2.75) is 283 Å². The fourth-order valence-electron chi connectivity index (χ4n) is 8.17. The standard InChI is InChI=1S/C54H107N2O7P/c1-7-10-13-16-19-22-25-27-29-32-35-38-41-44-47-54(58)63-52(45-42-39-36-33-31-28-26-23-20-17-14-11-8-2)51(50-62-64(59,60)61-49-48-56(4,5)6)55-53(57)46-43-40-37-34-30-24-21-18-15-12-9-3/h42,45,51-52H,7-41,43-44,46-50H2,1-6H3,(H-,55,57,59,60)/b45-42+. The molecule has 0 aliphatic heterocycles. The first-order valence-electron chi connectivity index (χ1n) is 27.5. The van der Waals surface area contributed by atoms with E-state index in [1.807, 2.05) is 33.3 Å². The highest BCUT2D eigenvalue weighted by atomic mass is 31.2. The Bertz CT molecular complexity index is 1110. The highest BCUT2D eigenvalue weighted by molar-refractivity contribution is 7.45. The minimum absolute atomic E-state index is 0.0172. The predicted molar refractivity (Wildman–Crippen MR) is 270 cm³/mol. The molecule has 3 unspecified atom stereocenters. The van der Waals surface area contributed by atoms with Crippen molar-refractivity contribution < 1.29 is 37.3 Å². The molecule has 0 aromatic rings. The average Bonchev–Trinajstić information content (AvgIpc) is 3.25. The molecule has 0 aromatic carbocycles. The van der Waals surface area contributed by atoms with Crippen molar-refractivity contribution >= 4 is 19.7 Å². The van der Waals surface area contributed by atoms with Gasteiger partial charge in [-0.2, -0.15) is 0 Å². The number of ether oxygens (including phenoxy) is 1. The van der Waals surface area contributed by atoms with Crippen molar-refractivity contribution in [1.29, 1.82) is 0 Å². The zero-order valence-corrected chi connectivity index (χ0v) is 44.2. The van der Waals surface area contributed by atoms with Gasteiger partial charge in [-0.05, 0) is 31.8 Å². The zero-order chi connectivity index (χ0) is 47.3. The number of hydrogen-bond donors (Lipinski definition) is 1. The third-order valence-electron chi connectivity index (χ3n) is 12.5. The minimum Gasteiger partial charge on any atom is -0.756 e. The molecule has 0 aliphatic carbocycles. The van der Waals surface area contributed by atoms with Gasteiger partial charge in [0.25, 0.3) is 7.82 Å². The number of quaternary nitrogens is 1. The molecule has 10 heteroatoms. The summed E-state index contributed by atoms with van der Waals surface area (Å²) in [4.78, 5) is 39.7. The Hall–Kier alpha value is -1.25. The van der Waals surface area contributed by atoms with Crippen LogP contribution in [0.2, 0.25) is 0 Å². The maximum atomic E-state index is 13.4. The van der Waals surface area contributed by atoms with E-state index in [9.17, 15) is 19.0 Å². The molecular formula is C54H107N2O7P. The predicted octanol–water partition coefficient (Wildman–Crippen LogP) is 15.4. The van der Waals surface area contributed by atoms with Crippen molar-refractivity contribution in [2.75, 3.05) is 40.9 Å². The quantitative estimate of drug-likeness (QED) is 0.0212. The minimum atomic E-state index is -4.68.